The van der Waals surface area contributed by atoms with Crippen molar-refractivity contribution >= 4 is 6.08 Å². The van der Waals surface area contributed by atoms with Gasteiger partial charge in [0, 0.05) is 18.0 Å². The van der Waals surface area contributed by atoms with Crippen molar-refractivity contribution < 1.29 is 9.47 Å². The topological polar surface area (TPSA) is 21.7 Å². The Hall–Kier alpha value is -2.26. The number of rotatable bonds is 4. The SMILES string of the molecule is COc1cc(CN2CCC3(C=Cc4ccccc43)CC2)cc(OC)c1. The molecule has 0 amide bonds. The summed E-state index contributed by atoms with van der Waals surface area (Å²) in [5.41, 5.74) is 4.40. The average Bonchev–Trinajstić information content (AvgIpc) is 3.02. The molecule has 1 heterocycles. The summed E-state index contributed by atoms with van der Waals surface area (Å²) in [6.07, 6.45) is 7.10. The zero-order valence-corrected chi connectivity index (χ0v) is 15.0. The molecule has 0 aromatic heterocycles. The Morgan fingerprint density at radius 3 is 2.32 bits per heavy atom. The van der Waals surface area contributed by atoms with Crippen molar-refractivity contribution in [1.29, 1.82) is 0 Å². The molecule has 1 spiro atoms. The number of hydrogen-bond donors (Lipinski definition) is 0. The van der Waals surface area contributed by atoms with Gasteiger partial charge in [0.1, 0.15) is 11.5 Å². The normalized spacial score (nSPS) is 18.3. The van der Waals surface area contributed by atoms with Gasteiger partial charge in [0.25, 0.3) is 0 Å². The molecule has 1 aliphatic heterocycles. The maximum absolute atomic E-state index is 5.39. The first kappa shape index (κ1) is 16.2. The van der Waals surface area contributed by atoms with Crippen molar-refractivity contribution in [1.82, 2.24) is 4.90 Å². The predicted molar refractivity (Wildman–Crippen MR) is 101 cm³/mol. The minimum atomic E-state index is 0.249. The van der Waals surface area contributed by atoms with Crippen LogP contribution in [0.4, 0.5) is 0 Å². The molecule has 1 aliphatic carbocycles. The van der Waals surface area contributed by atoms with Crippen LogP contribution in [0.3, 0.4) is 0 Å². The molecule has 2 aromatic carbocycles. The van der Waals surface area contributed by atoms with Gasteiger partial charge >= 0.3 is 0 Å². The molecule has 0 N–H and O–H groups in total. The van der Waals surface area contributed by atoms with Crippen molar-refractivity contribution in [3.8, 4) is 11.5 Å². The third-order valence-corrected chi connectivity index (χ3v) is 5.64. The van der Waals surface area contributed by atoms with E-state index in [1.165, 1.54) is 29.5 Å². The van der Waals surface area contributed by atoms with Gasteiger partial charge in [-0.1, -0.05) is 36.4 Å². The van der Waals surface area contributed by atoms with E-state index in [1.807, 2.05) is 6.07 Å². The number of hydrogen-bond acceptors (Lipinski definition) is 3. The predicted octanol–water partition coefficient (Wildman–Crippen LogP) is 4.26. The first-order valence-electron chi connectivity index (χ1n) is 8.95. The third-order valence-electron chi connectivity index (χ3n) is 5.64. The average molecular weight is 335 g/mol. The van der Waals surface area contributed by atoms with Crippen molar-refractivity contribution in [3.63, 3.8) is 0 Å². The van der Waals surface area contributed by atoms with Gasteiger partial charge in [-0.25, -0.2) is 0 Å². The summed E-state index contributed by atoms with van der Waals surface area (Å²) in [5.74, 6) is 1.71. The number of nitrogens with zero attached hydrogens (tertiary/aromatic N) is 1. The Bertz CT molecular complexity index is 766. The molecule has 0 saturated carbocycles. The number of likely N-dealkylation sites (tertiary alicyclic amines) is 1. The van der Waals surface area contributed by atoms with Crippen LogP contribution in [0, 0.1) is 0 Å². The smallest absolute Gasteiger partial charge is 0.122 e. The quantitative estimate of drug-likeness (QED) is 0.833. The summed E-state index contributed by atoms with van der Waals surface area (Å²) in [5, 5.41) is 0. The highest BCUT2D eigenvalue weighted by Gasteiger charge is 2.37. The van der Waals surface area contributed by atoms with Crippen LogP contribution in [0.1, 0.15) is 29.5 Å². The fraction of sp³-hybridized carbons (Fsp3) is 0.364. The second kappa shape index (κ2) is 6.57. The van der Waals surface area contributed by atoms with Gasteiger partial charge in [-0.05, 0) is 54.8 Å². The number of fused-ring (bicyclic) bond motifs is 2. The molecular weight excluding hydrogens is 310 g/mol. The van der Waals surface area contributed by atoms with E-state index in [2.05, 4.69) is 53.5 Å². The number of methoxy groups -OCH3 is 2. The van der Waals surface area contributed by atoms with Crippen LogP contribution >= 0.6 is 0 Å². The Morgan fingerprint density at radius 2 is 1.64 bits per heavy atom. The summed E-state index contributed by atoms with van der Waals surface area (Å²) >= 11 is 0. The van der Waals surface area contributed by atoms with Crippen LogP contribution in [0.5, 0.6) is 11.5 Å². The highest BCUT2D eigenvalue weighted by atomic mass is 16.5. The van der Waals surface area contributed by atoms with Crippen molar-refractivity contribution in [2.75, 3.05) is 27.3 Å². The van der Waals surface area contributed by atoms with Crippen LogP contribution in [0.25, 0.3) is 6.08 Å². The highest BCUT2D eigenvalue weighted by molar-refractivity contribution is 5.65. The lowest BCUT2D eigenvalue weighted by Gasteiger charge is -2.39. The van der Waals surface area contributed by atoms with E-state index in [9.17, 15) is 0 Å². The van der Waals surface area contributed by atoms with Crippen molar-refractivity contribution in [2.45, 2.75) is 24.8 Å². The van der Waals surface area contributed by atoms with Crippen LogP contribution in [-0.4, -0.2) is 32.2 Å². The molecule has 0 bridgehead atoms. The van der Waals surface area contributed by atoms with Crippen molar-refractivity contribution in [2.24, 2.45) is 0 Å². The second-order valence-electron chi connectivity index (χ2n) is 7.07. The molecule has 0 atom stereocenters. The molecule has 0 unspecified atom stereocenters. The Balaban J connectivity index is 1.46. The molecule has 25 heavy (non-hydrogen) atoms. The monoisotopic (exact) mass is 335 g/mol. The second-order valence-corrected chi connectivity index (χ2v) is 7.07. The first-order chi connectivity index (χ1) is 12.2. The maximum atomic E-state index is 5.39. The van der Waals surface area contributed by atoms with Gasteiger partial charge in [-0.15, -0.1) is 0 Å². The van der Waals surface area contributed by atoms with Gasteiger partial charge in [0.05, 0.1) is 14.2 Å². The van der Waals surface area contributed by atoms with Crippen molar-refractivity contribution in [3.05, 3.63) is 65.2 Å². The fourth-order valence-corrected chi connectivity index (χ4v) is 4.20. The van der Waals surface area contributed by atoms with Gasteiger partial charge in [-0.2, -0.15) is 0 Å². The lowest BCUT2D eigenvalue weighted by molar-refractivity contribution is 0.177. The number of piperidine rings is 1. The molecular formula is C22H25NO2. The van der Waals surface area contributed by atoms with E-state index < -0.39 is 0 Å². The summed E-state index contributed by atoms with van der Waals surface area (Å²) in [4.78, 5) is 2.54. The zero-order chi connectivity index (χ0) is 17.3. The highest BCUT2D eigenvalue weighted by Crippen LogP contribution is 2.43. The van der Waals surface area contributed by atoms with Crippen LogP contribution in [-0.2, 0) is 12.0 Å². The molecule has 3 heteroatoms. The largest absolute Gasteiger partial charge is 0.497 e. The molecule has 130 valence electrons. The molecule has 4 rings (SSSR count). The standard InChI is InChI=1S/C22H25NO2/c1-24-19-13-17(14-20(15-19)25-2)16-23-11-9-22(10-12-23)8-7-18-5-3-4-6-21(18)22/h3-8,13-15H,9-12,16H2,1-2H3. The van der Waals surface area contributed by atoms with E-state index in [-0.39, 0.29) is 5.41 Å². The van der Waals surface area contributed by atoms with E-state index >= 15 is 0 Å². The molecule has 0 radical (unpaired) electrons. The molecule has 1 fully saturated rings. The van der Waals surface area contributed by atoms with Gasteiger partial charge < -0.3 is 9.47 Å². The number of benzene rings is 2. The summed E-state index contributed by atoms with van der Waals surface area (Å²) < 4.78 is 10.8. The van der Waals surface area contributed by atoms with E-state index in [1.54, 1.807) is 14.2 Å². The molecule has 2 aromatic rings. The molecule has 2 aliphatic rings. The van der Waals surface area contributed by atoms with Gasteiger partial charge in [0.15, 0.2) is 0 Å². The van der Waals surface area contributed by atoms with Crippen LogP contribution in [0.2, 0.25) is 0 Å². The van der Waals surface area contributed by atoms with Gasteiger partial charge in [-0.3, -0.25) is 4.90 Å². The fourth-order valence-electron chi connectivity index (χ4n) is 4.20. The Labute approximate surface area is 149 Å². The van der Waals surface area contributed by atoms with E-state index in [0.29, 0.717) is 0 Å². The first-order valence-corrected chi connectivity index (χ1v) is 8.95. The van der Waals surface area contributed by atoms with E-state index in [0.717, 1.165) is 31.1 Å². The third kappa shape index (κ3) is 3.05. The minimum Gasteiger partial charge on any atom is -0.497 e. The van der Waals surface area contributed by atoms with Crippen LogP contribution in [0.15, 0.2) is 48.5 Å². The Morgan fingerprint density at radius 1 is 0.960 bits per heavy atom. The minimum absolute atomic E-state index is 0.249. The van der Waals surface area contributed by atoms with Crippen LogP contribution < -0.4 is 9.47 Å². The summed E-state index contributed by atoms with van der Waals surface area (Å²) in [6, 6.07) is 15.0. The lowest BCUT2D eigenvalue weighted by Crippen LogP contribution is -2.40. The van der Waals surface area contributed by atoms with Gasteiger partial charge in [0.2, 0.25) is 0 Å². The molecule has 1 saturated heterocycles. The molecule has 3 nitrogen and oxygen atoms in total. The Kier molecular flexibility index (Phi) is 4.26. The lowest BCUT2D eigenvalue weighted by atomic mass is 9.74. The number of allylic oxidation sites excluding steroid dienone is 1. The number of ether oxygens (including phenoxy) is 2. The summed E-state index contributed by atoms with van der Waals surface area (Å²) in [7, 11) is 3.40. The summed E-state index contributed by atoms with van der Waals surface area (Å²) in [6.45, 7) is 3.16. The maximum Gasteiger partial charge on any atom is 0.122 e. The zero-order valence-electron chi connectivity index (χ0n) is 15.0. The van der Waals surface area contributed by atoms with E-state index in [4.69, 9.17) is 9.47 Å².